The summed E-state index contributed by atoms with van der Waals surface area (Å²) in [5.74, 6) is 0.751. The molecule has 0 amide bonds. The number of pyridine rings is 3. The number of anilines is 1. The third-order valence-corrected chi connectivity index (χ3v) is 6.54. The average Bonchev–Trinajstić information content (AvgIpc) is 2.90. The van der Waals surface area contributed by atoms with Crippen molar-refractivity contribution in [3.05, 3.63) is 120 Å². The molecule has 0 aliphatic carbocycles. The molecule has 0 radical (unpaired) electrons. The summed E-state index contributed by atoms with van der Waals surface area (Å²) in [7, 11) is 0. The van der Waals surface area contributed by atoms with Gasteiger partial charge in [0.05, 0.1) is 5.69 Å². The van der Waals surface area contributed by atoms with Crippen molar-refractivity contribution >= 4 is 16.6 Å². The lowest BCUT2D eigenvalue weighted by atomic mass is 9.84. The number of rotatable bonds is 7. The van der Waals surface area contributed by atoms with Gasteiger partial charge in [0, 0.05) is 41.7 Å². The standard InChI is InChI=1S/C30H28N4/c1-2-23(22-11-7-4-8-12-22)24-15-17-32-19-27(24)29-26(14-13-21-9-5-3-6-10-21)25-16-18-33-20-28(25)30(31)34-29/h3-12,15-20,23H,2,13-14H2,1H3,(H2,31,34). The van der Waals surface area contributed by atoms with Crippen LogP contribution in [0.1, 0.15) is 41.5 Å². The molecular formula is C30H28N4. The Bertz CT molecular complexity index is 1400. The van der Waals surface area contributed by atoms with E-state index in [2.05, 4.69) is 89.7 Å². The minimum Gasteiger partial charge on any atom is -0.383 e. The van der Waals surface area contributed by atoms with Gasteiger partial charge >= 0.3 is 0 Å². The molecule has 0 spiro atoms. The monoisotopic (exact) mass is 444 g/mol. The fourth-order valence-electron chi connectivity index (χ4n) is 4.85. The molecule has 0 saturated carbocycles. The van der Waals surface area contributed by atoms with E-state index in [9.17, 15) is 0 Å². The van der Waals surface area contributed by atoms with Crippen molar-refractivity contribution in [2.24, 2.45) is 0 Å². The Morgan fingerprint density at radius 2 is 1.47 bits per heavy atom. The first-order valence-electron chi connectivity index (χ1n) is 11.8. The molecule has 0 aliphatic heterocycles. The number of nitrogens with zero attached hydrogens (tertiary/aromatic N) is 3. The highest BCUT2D eigenvalue weighted by Gasteiger charge is 2.21. The van der Waals surface area contributed by atoms with E-state index in [-0.39, 0.29) is 5.92 Å². The Hall–Kier alpha value is -4.05. The van der Waals surface area contributed by atoms with E-state index >= 15 is 0 Å². The van der Waals surface area contributed by atoms with Gasteiger partial charge in [0.1, 0.15) is 5.82 Å². The fraction of sp³-hybridized carbons (Fsp3) is 0.167. The number of aryl methyl sites for hydroxylation is 2. The zero-order valence-corrected chi connectivity index (χ0v) is 19.4. The van der Waals surface area contributed by atoms with Crippen LogP contribution in [-0.4, -0.2) is 15.0 Å². The second-order valence-electron chi connectivity index (χ2n) is 8.57. The molecule has 0 saturated heterocycles. The fourth-order valence-corrected chi connectivity index (χ4v) is 4.85. The molecule has 34 heavy (non-hydrogen) atoms. The molecule has 0 bridgehead atoms. The van der Waals surface area contributed by atoms with E-state index in [1.807, 2.05) is 24.8 Å². The van der Waals surface area contributed by atoms with Gasteiger partial charge in [-0.15, -0.1) is 0 Å². The highest BCUT2D eigenvalue weighted by atomic mass is 14.9. The van der Waals surface area contributed by atoms with Gasteiger partial charge in [0.25, 0.3) is 0 Å². The van der Waals surface area contributed by atoms with Gasteiger partial charge in [0.2, 0.25) is 0 Å². The van der Waals surface area contributed by atoms with Crippen LogP contribution in [0.15, 0.2) is 97.6 Å². The predicted octanol–water partition coefficient (Wildman–Crippen LogP) is 6.60. The van der Waals surface area contributed by atoms with Crippen LogP contribution in [0.4, 0.5) is 5.82 Å². The molecule has 4 nitrogen and oxygen atoms in total. The van der Waals surface area contributed by atoms with Crippen LogP contribution in [0.2, 0.25) is 0 Å². The zero-order valence-electron chi connectivity index (χ0n) is 19.4. The maximum atomic E-state index is 6.47. The Kier molecular flexibility index (Phi) is 6.30. The Morgan fingerprint density at radius 1 is 0.765 bits per heavy atom. The topological polar surface area (TPSA) is 64.7 Å². The quantitative estimate of drug-likeness (QED) is 0.307. The van der Waals surface area contributed by atoms with Crippen molar-refractivity contribution in [2.75, 3.05) is 5.73 Å². The minimum atomic E-state index is 0.248. The number of hydrogen-bond acceptors (Lipinski definition) is 4. The Balaban J connectivity index is 1.69. The highest BCUT2D eigenvalue weighted by Crippen LogP contribution is 2.38. The summed E-state index contributed by atoms with van der Waals surface area (Å²) in [5.41, 5.74) is 13.4. The molecule has 3 heterocycles. The van der Waals surface area contributed by atoms with Crippen molar-refractivity contribution in [3.63, 3.8) is 0 Å². The molecule has 1 unspecified atom stereocenters. The highest BCUT2D eigenvalue weighted by molar-refractivity contribution is 5.96. The average molecular weight is 445 g/mol. The minimum absolute atomic E-state index is 0.248. The van der Waals surface area contributed by atoms with Gasteiger partial charge in [0.15, 0.2) is 0 Å². The lowest BCUT2D eigenvalue weighted by Gasteiger charge is -2.21. The lowest BCUT2D eigenvalue weighted by molar-refractivity contribution is 0.776. The number of benzene rings is 2. The van der Waals surface area contributed by atoms with E-state index in [1.165, 1.54) is 22.3 Å². The van der Waals surface area contributed by atoms with Crippen molar-refractivity contribution in [1.29, 1.82) is 0 Å². The van der Waals surface area contributed by atoms with E-state index in [0.717, 1.165) is 41.3 Å². The Labute approximate surface area is 200 Å². The largest absolute Gasteiger partial charge is 0.383 e. The Morgan fingerprint density at radius 3 is 2.24 bits per heavy atom. The van der Waals surface area contributed by atoms with Gasteiger partial charge in [-0.2, -0.15) is 0 Å². The molecule has 0 aliphatic rings. The van der Waals surface area contributed by atoms with Crippen LogP contribution < -0.4 is 5.73 Å². The first kappa shape index (κ1) is 21.8. The SMILES string of the molecule is CCC(c1ccccc1)c1ccncc1-c1nc(N)c2cnccc2c1CCc1ccccc1. The molecule has 2 N–H and O–H groups in total. The lowest BCUT2D eigenvalue weighted by Crippen LogP contribution is -2.07. The van der Waals surface area contributed by atoms with E-state index in [1.54, 1.807) is 0 Å². The molecule has 5 rings (SSSR count). The molecule has 0 fully saturated rings. The number of fused-ring (bicyclic) bond motifs is 1. The summed E-state index contributed by atoms with van der Waals surface area (Å²) in [6.45, 7) is 2.23. The van der Waals surface area contributed by atoms with Gasteiger partial charge < -0.3 is 5.73 Å². The smallest absolute Gasteiger partial charge is 0.133 e. The molecule has 2 aromatic carbocycles. The first-order valence-corrected chi connectivity index (χ1v) is 11.8. The van der Waals surface area contributed by atoms with Gasteiger partial charge in [-0.3, -0.25) is 9.97 Å². The summed E-state index contributed by atoms with van der Waals surface area (Å²) in [6.07, 6.45) is 10.2. The van der Waals surface area contributed by atoms with E-state index in [4.69, 9.17) is 10.7 Å². The van der Waals surface area contributed by atoms with Crippen LogP contribution >= 0.6 is 0 Å². The number of hydrogen-bond donors (Lipinski definition) is 1. The van der Waals surface area contributed by atoms with Crippen LogP contribution in [0.5, 0.6) is 0 Å². The summed E-state index contributed by atoms with van der Waals surface area (Å²) >= 11 is 0. The van der Waals surface area contributed by atoms with Gasteiger partial charge in [-0.05, 0) is 59.0 Å². The summed E-state index contributed by atoms with van der Waals surface area (Å²) in [4.78, 5) is 13.8. The zero-order chi connectivity index (χ0) is 23.3. The summed E-state index contributed by atoms with van der Waals surface area (Å²) in [6, 6.07) is 25.4. The van der Waals surface area contributed by atoms with Crippen molar-refractivity contribution in [2.45, 2.75) is 32.1 Å². The van der Waals surface area contributed by atoms with Crippen LogP contribution in [0.3, 0.4) is 0 Å². The first-order chi connectivity index (χ1) is 16.8. The summed E-state index contributed by atoms with van der Waals surface area (Å²) < 4.78 is 0. The number of nitrogen functional groups attached to an aromatic ring is 1. The van der Waals surface area contributed by atoms with Crippen molar-refractivity contribution < 1.29 is 0 Å². The van der Waals surface area contributed by atoms with E-state index < -0.39 is 0 Å². The third kappa shape index (κ3) is 4.27. The predicted molar refractivity (Wildman–Crippen MR) is 140 cm³/mol. The maximum Gasteiger partial charge on any atom is 0.133 e. The van der Waals surface area contributed by atoms with Gasteiger partial charge in [-0.1, -0.05) is 67.6 Å². The second-order valence-corrected chi connectivity index (χ2v) is 8.57. The second kappa shape index (κ2) is 9.84. The molecular weight excluding hydrogens is 416 g/mol. The van der Waals surface area contributed by atoms with E-state index in [0.29, 0.717) is 5.82 Å². The van der Waals surface area contributed by atoms with Crippen molar-refractivity contribution in [1.82, 2.24) is 15.0 Å². The normalized spacial score (nSPS) is 12.0. The number of aromatic nitrogens is 3. The molecule has 5 aromatic rings. The molecule has 4 heteroatoms. The maximum absolute atomic E-state index is 6.47. The van der Waals surface area contributed by atoms with Crippen molar-refractivity contribution in [3.8, 4) is 11.3 Å². The third-order valence-electron chi connectivity index (χ3n) is 6.54. The van der Waals surface area contributed by atoms with Crippen LogP contribution in [0.25, 0.3) is 22.0 Å². The molecule has 3 aromatic heterocycles. The van der Waals surface area contributed by atoms with Gasteiger partial charge in [-0.25, -0.2) is 4.98 Å². The van der Waals surface area contributed by atoms with Crippen LogP contribution in [0, 0.1) is 0 Å². The molecule has 168 valence electrons. The molecule has 1 atom stereocenters. The van der Waals surface area contributed by atoms with Crippen LogP contribution in [-0.2, 0) is 12.8 Å². The number of nitrogens with two attached hydrogens (primary N) is 1. The summed E-state index contributed by atoms with van der Waals surface area (Å²) in [5, 5.41) is 2.01.